The van der Waals surface area contributed by atoms with Crippen LogP contribution in [-0.4, -0.2) is 24.6 Å². The maximum absolute atomic E-state index is 9.88. The number of imidazole rings is 1. The Morgan fingerprint density at radius 2 is 2.12 bits per heavy atom. The van der Waals surface area contributed by atoms with Crippen LogP contribution >= 0.6 is 15.9 Å². The van der Waals surface area contributed by atoms with Crippen molar-refractivity contribution in [3.05, 3.63) is 10.6 Å². The summed E-state index contributed by atoms with van der Waals surface area (Å²) < 4.78 is 2.39. The van der Waals surface area contributed by atoms with E-state index in [4.69, 9.17) is 5.73 Å². The van der Waals surface area contributed by atoms with E-state index in [2.05, 4.69) is 30.9 Å². The first-order valence-corrected chi connectivity index (χ1v) is 6.17. The van der Waals surface area contributed by atoms with Crippen LogP contribution in [0.25, 0.3) is 11.2 Å². The largest absolute Gasteiger partial charge is 0.385 e. The van der Waals surface area contributed by atoms with E-state index < -0.39 is 6.10 Å². The molecule has 0 spiro atoms. The second-order valence-electron chi connectivity index (χ2n) is 3.88. The highest BCUT2D eigenvalue weighted by atomic mass is 79.9. The molecule has 2 aromatic rings. The van der Waals surface area contributed by atoms with Crippen molar-refractivity contribution in [3.63, 3.8) is 0 Å². The molecule has 7 heteroatoms. The molecule has 3 N–H and O–H groups in total. The van der Waals surface area contributed by atoms with Gasteiger partial charge in [-0.25, -0.2) is 15.0 Å². The van der Waals surface area contributed by atoms with Crippen LogP contribution in [0.3, 0.4) is 0 Å². The fraction of sp³-hybridized carbons (Fsp3) is 0.500. The van der Waals surface area contributed by atoms with Crippen LogP contribution in [0.4, 0.5) is 5.82 Å². The monoisotopic (exact) mass is 299 g/mol. The van der Waals surface area contributed by atoms with Gasteiger partial charge < -0.3 is 15.4 Å². The zero-order chi connectivity index (χ0) is 12.6. The van der Waals surface area contributed by atoms with Gasteiger partial charge in [0.05, 0.1) is 0 Å². The molecule has 1 unspecified atom stereocenters. The molecule has 0 amide bonds. The Bertz CT molecular complexity index is 553. The fourth-order valence-corrected chi connectivity index (χ4v) is 1.97. The zero-order valence-corrected chi connectivity index (χ0v) is 11.3. The standard InChI is InChI=1S/C10H14BrN5O/c1-3-4-5(17)8-14-7(12)6-9(15-8)16(2)10(11)13-6/h5,17H,3-4H2,1-2H3,(H2,12,14,15). The number of hydrogen-bond donors (Lipinski definition) is 2. The summed E-state index contributed by atoms with van der Waals surface area (Å²) in [6, 6.07) is 0. The van der Waals surface area contributed by atoms with Crippen LogP contribution in [-0.2, 0) is 7.05 Å². The summed E-state index contributed by atoms with van der Waals surface area (Å²) in [6.45, 7) is 1.99. The third-order valence-corrected chi connectivity index (χ3v) is 3.28. The van der Waals surface area contributed by atoms with E-state index in [0.717, 1.165) is 6.42 Å². The number of aliphatic hydroxyl groups excluding tert-OH is 1. The number of rotatable bonds is 3. The number of nitrogens with zero attached hydrogens (tertiary/aromatic N) is 4. The quantitative estimate of drug-likeness (QED) is 0.839. The second-order valence-corrected chi connectivity index (χ2v) is 4.59. The first-order chi connectivity index (χ1) is 8.04. The van der Waals surface area contributed by atoms with E-state index >= 15 is 0 Å². The number of nitrogen functional groups attached to an aromatic ring is 1. The smallest absolute Gasteiger partial charge is 0.179 e. The number of aromatic nitrogens is 4. The van der Waals surface area contributed by atoms with Gasteiger partial charge in [0.2, 0.25) is 0 Å². The number of anilines is 1. The Hall–Kier alpha value is -1.21. The van der Waals surface area contributed by atoms with Gasteiger partial charge in [0.1, 0.15) is 6.10 Å². The van der Waals surface area contributed by atoms with Crippen molar-refractivity contribution >= 4 is 32.9 Å². The van der Waals surface area contributed by atoms with Gasteiger partial charge in [-0.1, -0.05) is 13.3 Å². The third-order valence-electron chi connectivity index (χ3n) is 2.57. The topological polar surface area (TPSA) is 89.9 Å². The van der Waals surface area contributed by atoms with Crippen molar-refractivity contribution in [1.82, 2.24) is 19.5 Å². The Morgan fingerprint density at radius 3 is 2.76 bits per heavy atom. The molecule has 0 radical (unpaired) electrons. The molecule has 2 aromatic heterocycles. The van der Waals surface area contributed by atoms with Crippen LogP contribution in [0.1, 0.15) is 31.7 Å². The highest BCUT2D eigenvalue weighted by Crippen LogP contribution is 2.24. The second kappa shape index (κ2) is 4.58. The van der Waals surface area contributed by atoms with Crippen molar-refractivity contribution in [3.8, 4) is 0 Å². The first kappa shape index (κ1) is 12.3. The van der Waals surface area contributed by atoms with Crippen LogP contribution in [0.2, 0.25) is 0 Å². The number of nitrogens with two attached hydrogens (primary N) is 1. The van der Waals surface area contributed by atoms with Crippen LogP contribution in [0.5, 0.6) is 0 Å². The van der Waals surface area contributed by atoms with E-state index in [9.17, 15) is 5.11 Å². The summed E-state index contributed by atoms with van der Waals surface area (Å²) in [5.74, 6) is 0.647. The molecule has 2 rings (SSSR count). The lowest BCUT2D eigenvalue weighted by Gasteiger charge is -2.08. The van der Waals surface area contributed by atoms with Gasteiger partial charge in [-0.15, -0.1) is 0 Å². The Labute approximate surface area is 107 Å². The molecule has 0 aromatic carbocycles. The van der Waals surface area contributed by atoms with E-state index in [0.29, 0.717) is 34.0 Å². The molecule has 1 atom stereocenters. The Kier molecular flexibility index (Phi) is 3.30. The minimum absolute atomic E-state index is 0.293. The first-order valence-electron chi connectivity index (χ1n) is 5.38. The van der Waals surface area contributed by atoms with Gasteiger partial charge in [0.15, 0.2) is 27.5 Å². The molecule has 0 fully saturated rings. The summed E-state index contributed by atoms with van der Waals surface area (Å²) >= 11 is 3.30. The lowest BCUT2D eigenvalue weighted by atomic mass is 10.2. The number of hydrogen-bond acceptors (Lipinski definition) is 5. The molecule has 6 nitrogen and oxygen atoms in total. The average molecular weight is 300 g/mol. The zero-order valence-electron chi connectivity index (χ0n) is 9.68. The fourth-order valence-electron chi connectivity index (χ4n) is 1.62. The summed E-state index contributed by atoms with van der Waals surface area (Å²) in [5, 5.41) is 9.88. The van der Waals surface area contributed by atoms with Crippen LogP contribution < -0.4 is 5.73 Å². The van der Waals surface area contributed by atoms with Crippen LogP contribution in [0.15, 0.2) is 4.73 Å². The van der Waals surface area contributed by atoms with Crippen molar-refractivity contribution in [2.75, 3.05) is 5.73 Å². The summed E-state index contributed by atoms with van der Waals surface area (Å²) in [7, 11) is 1.82. The number of halogens is 1. The van der Waals surface area contributed by atoms with E-state index in [1.807, 2.05) is 14.0 Å². The lowest BCUT2D eigenvalue weighted by Crippen LogP contribution is -2.07. The SMILES string of the molecule is CCCC(O)c1nc(N)c2nc(Br)n(C)c2n1. The number of aryl methyl sites for hydroxylation is 1. The average Bonchev–Trinajstić information content (AvgIpc) is 2.57. The maximum atomic E-state index is 9.88. The van der Waals surface area contributed by atoms with Gasteiger partial charge in [-0.3, -0.25) is 0 Å². The minimum atomic E-state index is -0.680. The molecule has 0 saturated heterocycles. The predicted octanol–water partition coefficient (Wildman–Crippen LogP) is 1.54. The molecule has 0 aliphatic carbocycles. The highest BCUT2D eigenvalue weighted by molar-refractivity contribution is 9.10. The normalized spacial score (nSPS) is 13.2. The summed E-state index contributed by atoms with van der Waals surface area (Å²) in [5.41, 5.74) is 6.98. The van der Waals surface area contributed by atoms with E-state index in [1.54, 1.807) is 4.57 Å². The van der Waals surface area contributed by atoms with Crippen LogP contribution in [0, 0.1) is 0 Å². The number of aliphatic hydroxyl groups is 1. The molecule has 0 aliphatic rings. The lowest BCUT2D eigenvalue weighted by molar-refractivity contribution is 0.157. The number of fused-ring (bicyclic) bond motifs is 1. The van der Waals surface area contributed by atoms with E-state index in [-0.39, 0.29) is 0 Å². The molecular weight excluding hydrogens is 286 g/mol. The van der Waals surface area contributed by atoms with Gasteiger partial charge >= 0.3 is 0 Å². The van der Waals surface area contributed by atoms with Gasteiger partial charge in [0, 0.05) is 7.05 Å². The third kappa shape index (κ3) is 2.12. The van der Waals surface area contributed by atoms with Crippen molar-refractivity contribution in [1.29, 1.82) is 0 Å². The summed E-state index contributed by atoms with van der Waals surface area (Å²) in [4.78, 5) is 12.6. The van der Waals surface area contributed by atoms with Crippen molar-refractivity contribution in [2.45, 2.75) is 25.9 Å². The Morgan fingerprint density at radius 1 is 1.41 bits per heavy atom. The van der Waals surface area contributed by atoms with Gasteiger partial charge in [0.25, 0.3) is 0 Å². The van der Waals surface area contributed by atoms with Gasteiger partial charge in [-0.2, -0.15) is 0 Å². The Balaban J connectivity index is 2.57. The highest BCUT2D eigenvalue weighted by Gasteiger charge is 2.16. The van der Waals surface area contributed by atoms with Gasteiger partial charge in [-0.05, 0) is 22.4 Å². The molecule has 2 heterocycles. The van der Waals surface area contributed by atoms with Crippen molar-refractivity contribution < 1.29 is 5.11 Å². The molecular formula is C10H14BrN5O. The van der Waals surface area contributed by atoms with E-state index in [1.165, 1.54) is 0 Å². The van der Waals surface area contributed by atoms with Crippen molar-refractivity contribution in [2.24, 2.45) is 7.05 Å². The molecule has 0 aliphatic heterocycles. The maximum Gasteiger partial charge on any atom is 0.179 e. The molecule has 17 heavy (non-hydrogen) atoms. The predicted molar refractivity (Wildman–Crippen MR) is 68.3 cm³/mol. The molecule has 0 saturated carbocycles. The molecule has 92 valence electrons. The molecule has 0 bridgehead atoms. The summed E-state index contributed by atoms with van der Waals surface area (Å²) in [6.07, 6.45) is 0.794. The minimum Gasteiger partial charge on any atom is -0.385 e.